The molecule has 0 spiro atoms. The van der Waals surface area contributed by atoms with Crippen molar-refractivity contribution in [2.24, 2.45) is 0 Å². The van der Waals surface area contributed by atoms with Crippen molar-refractivity contribution in [3.05, 3.63) is 23.4 Å². The molecule has 1 aromatic heterocycles. The zero-order chi connectivity index (χ0) is 15.1. The Morgan fingerprint density at radius 3 is 2.55 bits per heavy atom. The Morgan fingerprint density at radius 1 is 1.30 bits per heavy atom. The number of aromatic nitrogens is 1. The van der Waals surface area contributed by atoms with Crippen molar-refractivity contribution in [1.82, 2.24) is 10.3 Å². The number of rotatable bonds is 8. The molecule has 0 aromatic carbocycles. The Bertz CT molecular complexity index is 408. The second-order valence-electron chi connectivity index (χ2n) is 5.36. The number of hydrogen-bond acceptors (Lipinski definition) is 3. The van der Waals surface area contributed by atoms with Crippen molar-refractivity contribution >= 4 is 5.82 Å². The molecule has 0 aliphatic rings. The van der Waals surface area contributed by atoms with E-state index in [1.165, 1.54) is 4.90 Å². The summed E-state index contributed by atoms with van der Waals surface area (Å²) in [4.78, 5) is 5.99. The lowest BCUT2D eigenvalue weighted by Crippen LogP contribution is -2.25. The lowest BCUT2D eigenvalue weighted by atomic mass is 10.1. The minimum Gasteiger partial charge on any atom is -0.354 e. The number of halogens is 2. The third-order valence-electron chi connectivity index (χ3n) is 3.04. The molecule has 0 atom stereocenters. The van der Waals surface area contributed by atoms with Gasteiger partial charge in [0.15, 0.2) is 0 Å². The SMILES string of the molecule is CCCNCc1cc(C(C)C)nc(N(C)CC(F)F)c1. The highest BCUT2D eigenvalue weighted by Gasteiger charge is 2.13. The van der Waals surface area contributed by atoms with Gasteiger partial charge < -0.3 is 10.2 Å². The molecule has 5 heteroatoms. The Hall–Kier alpha value is -1.23. The highest BCUT2D eigenvalue weighted by molar-refractivity contribution is 5.42. The number of nitrogens with zero attached hydrogens (tertiary/aromatic N) is 2. The van der Waals surface area contributed by atoms with E-state index in [9.17, 15) is 8.78 Å². The molecule has 1 rings (SSSR count). The van der Waals surface area contributed by atoms with Crippen molar-refractivity contribution < 1.29 is 8.78 Å². The summed E-state index contributed by atoms with van der Waals surface area (Å²) in [6.07, 6.45) is -1.29. The van der Waals surface area contributed by atoms with E-state index in [2.05, 4.69) is 31.1 Å². The molecule has 0 amide bonds. The molecular formula is C15H25F2N3. The van der Waals surface area contributed by atoms with Crippen LogP contribution in [0.5, 0.6) is 0 Å². The van der Waals surface area contributed by atoms with Crippen LogP contribution in [0.3, 0.4) is 0 Å². The van der Waals surface area contributed by atoms with Crippen molar-refractivity contribution in [2.45, 2.75) is 46.1 Å². The van der Waals surface area contributed by atoms with Crippen LogP contribution < -0.4 is 10.2 Å². The third-order valence-corrected chi connectivity index (χ3v) is 3.04. The van der Waals surface area contributed by atoms with E-state index < -0.39 is 6.43 Å². The third kappa shape index (κ3) is 5.41. The van der Waals surface area contributed by atoms with Gasteiger partial charge >= 0.3 is 0 Å². The van der Waals surface area contributed by atoms with Gasteiger partial charge in [-0.05, 0) is 36.6 Å². The van der Waals surface area contributed by atoms with Gasteiger partial charge in [0.25, 0.3) is 6.43 Å². The number of anilines is 1. The maximum Gasteiger partial charge on any atom is 0.255 e. The molecule has 1 N–H and O–H groups in total. The summed E-state index contributed by atoms with van der Waals surface area (Å²) >= 11 is 0. The number of pyridine rings is 1. The standard InChI is InChI=1S/C15H25F2N3/c1-5-6-18-9-12-7-13(11(2)3)19-15(8-12)20(4)10-14(16)17/h7-8,11,14,18H,5-6,9-10H2,1-4H3. The highest BCUT2D eigenvalue weighted by Crippen LogP contribution is 2.20. The van der Waals surface area contributed by atoms with Crippen molar-refractivity contribution in [3.8, 4) is 0 Å². The van der Waals surface area contributed by atoms with Crippen LogP contribution in [0.2, 0.25) is 0 Å². The van der Waals surface area contributed by atoms with E-state index in [4.69, 9.17) is 0 Å². The topological polar surface area (TPSA) is 28.2 Å². The first-order valence-electron chi connectivity index (χ1n) is 7.14. The summed E-state index contributed by atoms with van der Waals surface area (Å²) in [5.74, 6) is 0.893. The minimum absolute atomic E-state index is 0.278. The molecule has 0 radical (unpaired) electrons. The quantitative estimate of drug-likeness (QED) is 0.742. The highest BCUT2D eigenvalue weighted by atomic mass is 19.3. The summed E-state index contributed by atoms with van der Waals surface area (Å²) in [7, 11) is 1.65. The van der Waals surface area contributed by atoms with E-state index in [-0.39, 0.29) is 12.5 Å². The van der Waals surface area contributed by atoms with Crippen LogP contribution >= 0.6 is 0 Å². The molecule has 1 heterocycles. The Kier molecular flexibility index (Phi) is 6.85. The number of alkyl halides is 2. The van der Waals surface area contributed by atoms with Gasteiger partial charge in [-0.15, -0.1) is 0 Å². The van der Waals surface area contributed by atoms with Crippen LogP contribution in [0.25, 0.3) is 0 Å². The first kappa shape index (κ1) is 16.8. The van der Waals surface area contributed by atoms with E-state index >= 15 is 0 Å². The maximum absolute atomic E-state index is 12.5. The first-order valence-corrected chi connectivity index (χ1v) is 7.14. The van der Waals surface area contributed by atoms with Crippen LogP contribution in [0.15, 0.2) is 12.1 Å². The predicted octanol–water partition coefficient (Wildman–Crippen LogP) is 3.41. The molecule has 20 heavy (non-hydrogen) atoms. The summed E-state index contributed by atoms with van der Waals surface area (Å²) in [6.45, 7) is 7.62. The van der Waals surface area contributed by atoms with Gasteiger partial charge in [0.2, 0.25) is 0 Å². The van der Waals surface area contributed by atoms with Gasteiger partial charge in [0, 0.05) is 19.3 Å². The van der Waals surface area contributed by atoms with Crippen molar-refractivity contribution in [3.63, 3.8) is 0 Å². The van der Waals surface area contributed by atoms with E-state index in [0.29, 0.717) is 5.82 Å². The smallest absolute Gasteiger partial charge is 0.255 e. The van der Waals surface area contributed by atoms with Crippen LogP contribution in [0.4, 0.5) is 14.6 Å². The van der Waals surface area contributed by atoms with Gasteiger partial charge in [0.1, 0.15) is 5.82 Å². The summed E-state index contributed by atoms with van der Waals surface area (Å²) in [5, 5.41) is 3.33. The van der Waals surface area contributed by atoms with Gasteiger partial charge in [-0.3, -0.25) is 0 Å². The molecule has 3 nitrogen and oxygen atoms in total. The fourth-order valence-electron chi connectivity index (χ4n) is 1.90. The van der Waals surface area contributed by atoms with Crippen LogP contribution in [-0.4, -0.2) is 31.5 Å². The molecule has 1 aromatic rings. The Balaban J connectivity index is 2.92. The lowest BCUT2D eigenvalue weighted by molar-refractivity contribution is 0.156. The van der Waals surface area contributed by atoms with E-state index in [1.807, 2.05) is 12.1 Å². The van der Waals surface area contributed by atoms with E-state index in [0.717, 1.165) is 30.8 Å². The van der Waals surface area contributed by atoms with Crippen LogP contribution in [-0.2, 0) is 6.54 Å². The molecule has 0 bridgehead atoms. The molecular weight excluding hydrogens is 260 g/mol. The zero-order valence-corrected chi connectivity index (χ0v) is 12.8. The molecule has 0 saturated heterocycles. The number of nitrogens with one attached hydrogen (secondary N) is 1. The van der Waals surface area contributed by atoms with Crippen molar-refractivity contribution in [1.29, 1.82) is 0 Å². The number of hydrogen-bond donors (Lipinski definition) is 1. The molecule has 114 valence electrons. The molecule has 0 fully saturated rings. The molecule has 0 aliphatic heterocycles. The summed E-state index contributed by atoms with van der Waals surface area (Å²) < 4.78 is 25.0. The van der Waals surface area contributed by atoms with Crippen molar-refractivity contribution in [2.75, 3.05) is 25.0 Å². The lowest BCUT2D eigenvalue weighted by Gasteiger charge is -2.20. The second kappa shape index (κ2) is 8.15. The maximum atomic E-state index is 12.5. The fourth-order valence-corrected chi connectivity index (χ4v) is 1.90. The van der Waals surface area contributed by atoms with Gasteiger partial charge in [-0.2, -0.15) is 0 Å². The normalized spacial score (nSPS) is 11.4. The monoisotopic (exact) mass is 285 g/mol. The molecule has 0 unspecified atom stereocenters. The average molecular weight is 285 g/mol. The van der Waals surface area contributed by atoms with Gasteiger partial charge in [-0.1, -0.05) is 20.8 Å². The van der Waals surface area contributed by atoms with Crippen LogP contribution in [0.1, 0.15) is 44.4 Å². The predicted molar refractivity (Wildman–Crippen MR) is 79.6 cm³/mol. The Morgan fingerprint density at radius 2 is 2.00 bits per heavy atom. The minimum atomic E-state index is -2.36. The molecule has 0 aliphatic carbocycles. The Labute approximate surface area is 120 Å². The van der Waals surface area contributed by atoms with Gasteiger partial charge in [0.05, 0.1) is 6.54 Å². The fraction of sp³-hybridized carbons (Fsp3) is 0.667. The average Bonchev–Trinajstić information content (AvgIpc) is 2.38. The zero-order valence-electron chi connectivity index (χ0n) is 12.8. The van der Waals surface area contributed by atoms with Gasteiger partial charge in [-0.25, -0.2) is 13.8 Å². The summed E-state index contributed by atoms with van der Waals surface area (Å²) in [5.41, 5.74) is 2.03. The first-order chi connectivity index (χ1) is 9.43. The summed E-state index contributed by atoms with van der Waals surface area (Å²) in [6, 6.07) is 3.93. The largest absolute Gasteiger partial charge is 0.354 e. The molecule has 0 saturated carbocycles. The van der Waals surface area contributed by atoms with E-state index in [1.54, 1.807) is 7.05 Å². The van der Waals surface area contributed by atoms with Crippen LogP contribution in [0, 0.1) is 0 Å². The second-order valence-corrected chi connectivity index (χ2v) is 5.36.